The Kier molecular flexibility index (Phi) is 3.96. The van der Waals surface area contributed by atoms with E-state index in [1.54, 1.807) is 13.0 Å². The van der Waals surface area contributed by atoms with Gasteiger partial charge in [0.15, 0.2) is 5.82 Å². The molecule has 0 saturated carbocycles. The summed E-state index contributed by atoms with van der Waals surface area (Å²) in [6.45, 7) is 2.24. The summed E-state index contributed by atoms with van der Waals surface area (Å²) in [5, 5.41) is 20.6. The van der Waals surface area contributed by atoms with Crippen LogP contribution in [0.25, 0.3) is 11.4 Å². The van der Waals surface area contributed by atoms with Crippen LogP contribution in [-0.4, -0.2) is 25.1 Å². The molecule has 0 radical (unpaired) electrons. The molecular formula is C15H14N6O2. The number of benzene rings is 1. The van der Waals surface area contributed by atoms with E-state index in [-0.39, 0.29) is 5.69 Å². The van der Waals surface area contributed by atoms with E-state index in [2.05, 4.69) is 25.5 Å². The van der Waals surface area contributed by atoms with E-state index in [1.807, 2.05) is 24.3 Å². The second kappa shape index (κ2) is 6.22. The van der Waals surface area contributed by atoms with Crippen LogP contribution in [0, 0.1) is 17.0 Å². The minimum atomic E-state index is -0.438. The van der Waals surface area contributed by atoms with Crippen LogP contribution in [0.3, 0.4) is 0 Å². The number of aryl methyl sites for hydroxylation is 1. The van der Waals surface area contributed by atoms with Crippen LogP contribution in [0.2, 0.25) is 0 Å². The summed E-state index contributed by atoms with van der Waals surface area (Å²) in [6.07, 6.45) is 2.73. The summed E-state index contributed by atoms with van der Waals surface area (Å²) in [4.78, 5) is 18.5. The molecule has 3 rings (SSSR count). The maximum Gasteiger partial charge on any atom is 0.290 e. The average Bonchev–Trinajstić information content (AvgIpc) is 3.07. The minimum Gasteiger partial charge on any atom is -0.366 e. The number of aromatic nitrogens is 4. The number of nitrogens with zero attached hydrogens (tertiary/aromatic N) is 4. The molecule has 23 heavy (non-hydrogen) atoms. The van der Waals surface area contributed by atoms with Gasteiger partial charge in [0.25, 0.3) is 5.69 Å². The number of H-pyrrole nitrogens is 1. The third kappa shape index (κ3) is 3.31. The van der Waals surface area contributed by atoms with Crippen LogP contribution < -0.4 is 5.32 Å². The van der Waals surface area contributed by atoms with Gasteiger partial charge in [-0.25, -0.2) is 9.97 Å². The smallest absolute Gasteiger partial charge is 0.290 e. The molecule has 0 aliphatic rings. The molecule has 0 saturated heterocycles. The highest BCUT2D eigenvalue weighted by atomic mass is 16.6. The molecule has 2 N–H and O–H groups in total. The lowest BCUT2D eigenvalue weighted by molar-refractivity contribution is -0.385. The Morgan fingerprint density at radius 1 is 1.30 bits per heavy atom. The van der Waals surface area contributed by atoms with Crippen molar-refractivity contribution in [2.75, 3.05) is 5.32 Å². The molecule has 8 heteroatoms. The molecule has 0 aliphatic heterocycles. The quantitative estimate of drug-likeness (QED) is 0.554. The molecule has 0 fully saturated rings. The first-order chi connectivity index (χ1) is 11.1. The van der Waals surface area contributed by atoms with E-state index in [9.17, 15) is 10.1 Å². The van der Waals surface area contributed by atoms with Gasteiger partial charge in [0.05, 0.1) is 4.92 Å². The van der Waals surface area contributed by atoms with Gasteiger partial charge in [0.2, 0.25) is 0 Å². The van der Waals surface area contributed by atoms with Crippen LogP contribution in [0.5, 0.6) is 0 Å². The van der Waals surface area contributed by atoms with Crippen LogP contribution >= 0.6 is 0 Å². The van der Waals surface area contributed by atoms with Crippen molar-refractivity contribution in [3.8, 4) is 11.4 Å². The largest absolute Gasteiger partial charge is 0.366 e. The first-order valence-electron chi connectivity index (χ1n) is 6.93. The van der Waals surface area contributed by atoms with Crippen LogP contribution in [-0.2, 0) is 6.54 Å². The average molecular weight is 310 g/mol. The van der Waals surface area contributed by atoms with Gasteiger partial charge in [-0.05, 0) is 24.6 Å². The highest BCUT2D eigenvalue weighted by molar-refractivity contribution is 5.55. The Bertz CT molecular complexity index is 832. The van der Waals surface area contributed by atoms with Gasteiger partial charge >= 0.3 is 0 Å². The van der Waals surface area contributed by atoms with Gasteiger partial charge in [-0.15, -0.1) is 0 Å². The van der Waals surface area contributed by atoms with Crippen molar-refractivity contribution >= 4 is 11.5 Å². The zero-order chi connectivity index (χ0) is 16.2. The molecule has 0 atom stereocenters. The monoisotopic (exact) mass is 310 g/mol. The summed E-state index contributed by atoms with van der Waals surface area (Å²) in [7, 11) is 0. The zero-order valence-electron chi connectivity index (χ0n) is 12.4. The number of nitro groups is 1. The minimum absolute atomic E-state index is 0.0165. The number of nitrogens with one attached hydrogen (secondary N) is 2. The van der Waals surface area contributed by atoms with Crippen LogP contribution in [0.4, 0.5) is 11.5 Å². The number of anilines is 1. The predicted octanol–water partition coefficient (Wildman–Crippen LogP) is 2.70. The lowest BCUT2D eigenvalue weighted by atomic mass is 10.1. The number of rotatable bonds is 5. The van der Waals surface area contributed by atoms with Gasteiger partial charge in [0, 0.05) is 17.7 Å². The summed E-state index contributed by atoms with van der Waals surface area (Å²) in [5.74, 6) is 1.30. The molecule has 2 aromatic heterocycles. The fourth-order valence-electron chi connectivity index (χ4n) is 2.20. The van der Waals surface area contributed by atoms with Gasteiger partial charge in [-0.2, -0.15) is 5.10 Å². The SMILES string of the molecule is Cc1cc(NCc2cccc(-c3ncn[nH]3)c2)ncc1[N+](=O)[O-]. The molecular weight excluding hydrogens is 296 g/mol. The Morgan fingerprint density at radius 2 is 2.17 bits per heavy atom. The van der Waals surface area contributed by atoms with Gasteiger partial charge in [-0.1, -0.05) is 18.2 Å². The second-order valence-corrected chi connectivity index (χ2v) is 5.00. The third-order valence-electron chi connectivity index (χ3n) is 3.37. The maximum atomic E-state index is 10.8. The van der Waals surface area contributed by atoms with Gasteiger partial charge in [-0.3, -0.25) is 15.2 Å². The maximum absolute atomic E-state index is 10.8. The van der Waals surface area contributed by atoms with Crippen LogP contribution in [0.15, 0.2) is 42.9 Å². The van der Waals surface area contributed by atoms with Crippen molar-refractivity contribution in [2.24, 2.45) is 0 Å². The van der Waals surface area contributed by atoms with Crippen molar-refractivity contribution in [1.82, 2.24) is 20.2 Å². The van der Waals surface area contributed by atoms with Crippen molar-refractivity contribution in [3.05, 3.63) is 64.1 Å². The zero-order valence-corrected chi connectivity index (χ0v) is 12.4. The van der Waals surface area contributed by atoms with Crippen molar-refractivity contribution in [1.29, 1.82) is 0 Å². The Morgan fingerprint density at radius 3 is 2.87 bits per heavy atom. The van der Waals surface area contributed by atoms with Crippen molar-refractivity contribution in [3.63, 3.8) is 0 Å². The fourth-order valence-corrected chi connectivity index (χ4v) is 2.20. The molecule has 8 nitrogen and oxygen atoms in total. The summed E-state index contributed by atoms with van der Waals surface area (Å²) >= 11 is 0. The highest BCUT2D eigenvalue weighted by Gasteiger charge is 2.11. The standard InChI is InChI=1S/C15H14N6O2/c1-10-5-14(17-8-13(10)21(22)23)16-7-11-3-2-4-12(6-11)15-18-9-19-20-15/h2-6,8-9H,7H2,1H3,(H,16,17)(H,18,19,20). The molecule has 1 aromatic carbocycles. The predicted molar refractivity (Wildman–Crippen MR) is 84.8 cm³/mol. The number of hydrogen-bond acceptors (Lipinski definition) is 6. The molecule has 0 unspecified atom stereocenters. The van der Waals surface area contributed by atoms with E-state index < -0.39 is 4.92 Å². The first-order valence-corrected chi connectivity index (χ1v) is 6.93. The summed E-state index contributed by atoms with van der Waals surface area (Å²) in [6, 6.07) is 9.51. The lowest BCUT2D eigenvalue weighted by Crippen LogP contribution is -2.03. The van der Waals surface area contributed by atoms with E-state index >= 15 is 0 Å². The molecule has 0 spiro atoms. The van der Waals surface area contributed by atoms with E-state index in [0.29, 0.717) is 23.8 Å². The number of aromatic amines is 1. The topological polar surface area (TPSA) is 110 Å². The van der Waals surface area contributed by atoms with Gasteiger partial charge in [0.1, 0.15) is 18.3 Å². The van der Waals surface area contributed by atoms with Crippen LogP contribution in [0.1, 0.15) is 11.1 Å². The van der Waals surface area contributed by atoms with E-state index in [1.165, 1.54) is 12.5 Å². The summed E-state index contributed by atoms with van der Waals surface area (Å²) < 4.78 is 0. The third-order valence-corrected chi connectivity index (χ3v) is 3.37. The molecule has 116 valence electrons. The van der Waals surface area contributed by atoms with Crippen molar-refractivity contribution < 1.29 is 4.92 Å². The highest BCUT2D eigenvalue weighted by Crippen LogP contribution is 2.20. The number of hydrogen-bond donors (Lipinski definition) is 2. The number of pyridine rings is 1. The summed E-state index contributed by atoms with van der Waals surface area (Å²) in [5.41, 5.74) is 2.57. The Hall–Kier alpha value is -3.29. The van der Waals surface area contributed by atoms with E-state index in [4.69, 9.17) is 0 Å². The first kappa shape index (κ1) is 14.6. The Labute approximate surface area is 131 Å². The molecule has 0 bridgehead atoms. The molecule has 2 heterocycles. The fraction of sp³-hybridized carbons (Fsp3) is 0.133. The molecule has 0 aliphatic carbocycles. The lowest BCUT2D eigenvalue weighted by Gasteiger charge is -2.07. The normalized spacial score (nSPS) is 10.5. The second-order valence-electron chi connectivity index (χ2n) is 5.00. The molecule has 3 aromatic rings. The van der Waals surface area contributed by atoms with Gasteiger partial charge < -0.3 is 5.32 Å². The van der Waals surface area contributed by atoms with Crippen molar-refractivity contribution in [2.45, 2.75) is 13.5 Å². The molecule has 0 amide bonds. The Balaban J connectivity index is 1.72. The van der Waals surface area contributed by atoms with E-state index in [0.717, 1.165) is 11.1 Å².